The Kier molecular flexibility index (Phi) is 3.28. The minimum absolute atomic E-state index is 0.695. The van der Waals surface area contributed by atoms with E-state index < -0.39 is 0 Å². The van der Waals surface area contributed by atoms with Gasteiger partial charge in [0.2, 0.25) is 0 Å². The minimum Gasteiger partial charge on any atom is -0.494 e. The summed E-state index contributed by atoms with van der Waals surface area (Å²) in [4.78, 5) is 4.80. The fraction of sp³-hybridized carbons (Fsp3) is 0.438. The molecule has 100 valence electrons. The number of anilines is 1. The van der Waals surface area contributed by atoms with Gasteiger partial charge in [0.25, 0.3) is 0 Å². The molecule has 0 bridgehead atoms. The molecule has 2 aromatic rings. The number of benzene rings is 1. The van der Waals surface area contributed by atoms with Crippen molar-refractivity contribution in [2.24, 2.45) is 0 Å². The van der Waals surface area contributed by atoms with E-state index in [1.165, 1.54) is 28.8 Å². The van der Waals surface area contributed by atoms with E-state index in [1.54, 1.807) is 0 Å². The van der Waals surface area contributed by atoms with E-state index >= 15 is 0 Å². The Morgan fingerprint density at radius 1 is 1.26 bits per heavy atom. The molecule has 1 aliphatic carbocycles. The first-order valence-corrected chi connectivity index (χ1v) is 7.15. The quantitative estimate of drug-likeness (QED) is 0.908. The van der Waals surface area contributed by atoms with Gasteiger partial charge >= 0.3 is 0 Å². The van der Waals surface area contributed by atoms with Crippen LogP contribution in [0.25, 0.3) is 10.9 Å². The third kappa shape index (κ3) is 2.14. The van der Waals surface area contributed by atoms with Crippen LogP contribution in [0.3, 0.4) is 0 Å². The molecule has 1 aromatic heterocycles. The average molecular weight is 256 g/mol. The van der Waals surface area contributed by atoms with Crippen molar-refractivity contribution in [2.45, 2.75) is 33.1 Å². The zero-order valence-electron chi connectivity index (χ0n) is 11.6. The molecule has 3 rings (SSSR count). The summed E-state index contributed by atoms with van der Waals surface area (Å²) in [5, 5.41) is 4.71. The summed E-state index contributed by atoms with van der Waals surface area (Å²) in [5.41, 5.74) is 5.01. The van der Waals surface area contributed by atoms with E-state index in [9.17, 15) is 0 Å². The van der Waals surface area contributed by atoms with Crippen molar-refractivity contribution in [2.75, 3.05) is 18.5 Å². The Labute approximate surface area is 114 Å². The SMILES string of the molecule is CCNc1c2c(nc3ccc(OCC)cc13)CCC2. The maximum absolute atomic E-state index is 5.61. The molecule has 0 amide bonds. The summed E-state index contributed by atoms with van der Waals surface area (Å²) < 4.78 is 5.61. The number of nitrogens with zero attached hydrogens (tertiary/aromatic N) is 1. The molecule has 0 unspecified atom stereocenters. The van der Waals surface area contributed by atoms with Crippen molar-refractivity contribution in [1.29, 1.82) is 0 Å². The van der Waals surface area contributed by atoms with Gasteiger partial charge in [-0.25, -0.2) is 0 Å². The van der Waals surface area contributed by atoms with Crippen LogP contribution in [0.4, 0.5) is 5.69 Å². The normalized spacial score (nSPS) is 13.6. The molecule has 0 spiro atoms. The summed E-state index contributed by atoms with van der Waals surface area (Å²) >= 11 is 0. The number of aromatic nitrogens is 1. The van der Waals surface area contributed by atoms with Crippen LogP contribution in [0.5, 0.6) is 5.75 Å². The third-order valence-electron chi connectivity index (χ3n) is 3.65. The second-order valence-electron chi connectivity index (χ2n) is 4.91. The highest BCUT2D eigenvalue weighted by molar-refractivity contribution is 5.94. The van der Waals surface area contributed by atoms with Gasteiger partial charge in [-0.05, 0) is 56.9 Å². The number of rotatable bonds is 4. The monoisotopic (exact) mass is 256 g/mol. The van der Waals surface area contributed by atoms with E-state index in [-0.39, 0.29) is 0 Å². The van der Waals surface area contributed by atoms with E-state index in [4.69, 9.17) is 9.72 Å². The second-order valence-corrected chi connectivity index (χ2v) is 4.91. The molecule has 3 nitrogen and oxygen atoms in total. The molecule has 0 radical (unpaired) electrons. The first-order valence-electron chi connectivity index (χ1n) is 7.15. The Morgan fingerprint density at radius 2 is 2.16 bits per heavy atom. The van der Waals surface area contributed by atoms with Crippen LogP contribution in [0.2, 0.25) is 0 Å². The van der Waals surface area contributed by atoms with Crippen molar-refractivity contribution in [3.63, 3.8) is 0 Å². The molecule has 1 aromatic carbocycles. The van der Waals surface area contributed by atoms with Gasteiger partial charge < -0.3 is 10.1 Å². The van der Waals surface area contributed by atoms with Crippen LogP contribution in [0.1, 0.15) is 31.5 Å². The lowest BCUT2D eigenvalue weighted by atomic mass is 10.1. The molecule has 0 saturated carbocycles. The highest BCUT2D eigenvalue weighted by Gasteiger charge is 2.19. The molecule has 3 heteroatoms. The summed E-state index contributed by atoms with van der Waals surface area (Å²) in [6, 6.07) is 6.19. The summed E-state index contributed by atoms with van der Waals surface area (Å²) in [5.74, 6) is 0.925. The van der Waals surface area contributed by atoms with Crippen LogP contribution in [-0.4, -0.2) is 18.1 Å². The Morgan fingerprint density at radius 3 is 2.95 bits per heavy atom. The van der Waals surface area contributed by atoms with Crippen LogP contribution < -0.4 is 10.1 Å². The standard InChI is InChI=1S/C16H20N2O/c1-3-17-16-12-6-5-7-14(12)18-15-9-8-11(19-4-2)10-13(15)16/h8-10H,3-7H2,1-2H3,(H,17,18). The number of pyridine rings is 1. The van der Waals surface area contributed by atoms with Gasteiger partial charge in [-0.15, -0.1) is 0 Å². The molecule has 0 fully saturated rings. The number of nitrogens with one attached hydrogen (secondary N) is 1. The predicted octanol–water partition coefficient (Wildman–Crippen LogP) is 3.55. The minimum atomic E-state index is 0.695. The van der Waals surface area contributed by atoms with Crippen LogP contribution in [0.15, 0.2) is 18.2 Å². The lowest BCUT2D eigenvalue weighted by molar-refractivity contribution is 0.340. The molecule has 0 atom stereocenters. The molecule has 19 heavy (non-hydrogen) atoms. The van der Waals surface area contributed by atoms with E-state index in [1.807, 2.05) is 13.0 Å². The third-order valence-corrected chi connectivity index (χ3v) is 3.65. The lowest BCUT2D eigenvalue weighted by Crippen LogP contribution is -2.04. The van der Waals surface area contributed by atoms with Gasteiger partial charge in [0.1, 0.15) is 5.75 Å². The summed E-state index contributed by atoms with van der Waals surface area (Å²) in [7, 11) is 0. The van der Waals surface area contributed by atoms with Gasteiger partial charge in [-0.2, -0.15) is 0 Å². The van der Waals surface area contributed by atoms with Gasteiger partial charge in [0.15, 0.2) is 0 Å². The van der Waals surface area contributed by atoms with E-state index in [0.717, 1.165) is 30.7 Å². The molecular formula is C16H20N2O. The van der Waals surface area contributed by atoms with Gasteiger partial charge in [0, 0.05) is 23.3 Å². The van der Waals surface area contributed by atoms with Gasteiger partial charge in [-0.1, -0.05) is 0 Å². The van der Waals surface area contributed by atoms with Crippen molar-refractivity contribution >= 4 is 16.6 Å². The highest BCUT2D eigenvalue weighted by Crippen LogP contribution is 2.35. The van der Waals surface area contributed by atoms with Gasteiger partial charge in [0.05, 0.1) is 12.1 Å². The molecular weight excluding hydrogens is 236 g/mol. The number of hydrogen-bond acceptors (Lipinski definition) is 3. The summed E-state index contributed by atoms with van der Waals surface area (Å²) in [6.07, 6.45) is 3.46. The Bertz CT molecular complexity index is 607. The molecule has 1 N–H and O–H groups in total. The zero-order valence-corrected chi connectivity index (χ0v) is 11.6. The smallest absolute Gasteiger partial charge is 0.120 e. The van der Waals surface area contributed by atoms with E-state index in [0.29, 0.717) is 6.61 Å². The maximum atomic E-state index is 5.61. The molecule has 0 saturated heterocycles. The second kappa shape index (κ2) is 5.08. The van der Waals surface area contributed by atoms with Crippen molar-refractivity contribution < 1.29 is 4.74 Å². The number of aryl methyl sites for hydroxylation is 1. The zero-order chi connectivity index (χ0) is 13.2. The first-order chi connectivity index (χ1) is 9.33. The van der Waals surface area contributed by atoms with E-state index in [2.05, 4.69) is 24.4 Å². The molecule has 0 aliphatic heterocycles. The highest BCUT2D eigenvalue weighted by atomic mass is 16.5. The lowest BCUT2D eigenvalue weighted by Gasteiger charge is -2.14. The van der Waals surface area contributed by atoms with Crippen molar-refractivity contribution in [3.05, 3.63) is 29.5 Å². The maximum Gasteiger partial charge on any atom is 0.120 e. The summed E-state index contributed by atoms with van der Waals surface area (Å²) in [6.45, 7) is 5.78. The predicted molar refractivity (Wildman–Crippen MR) is 79.1 cm³/mol. The van der Waals surface area contributed by atoms with Crippen molar-refractivity contribution in [1.82, 2.24) is 4.98 Å². The topological polar surface area (TPSA) is 34.2 Å². The fourth-order valence-corrected chi connectivity index (χ4v) is 2.88. The number of ether oxygens (including phenoxy) is 1. The van der Waals surface area contributed by atoms with Crippen LogP contribution in [-0.2, 0) is 12.8 Å². The molecule has 1 aliphatic rings. The average Bonchev–Trinajstić information content (AvgIpc) is 2.87. The fourth-order valence-electron chi connectivity index (χ4n) is 2.88. The largest absolute Gasteiger partial charge is 0.494 e. The van der Waals surface area contributed by atoms with Crippen molar-refractivity contribution in [3.8, 4) is 5.75 Å². The number of fused-ring (bicyclic) bond motifs is 2. The number of hydrogen-bond donors (Lipinski definition) is 1. The Balaban J connectivity index is 2.20. The van der Waals surface area contributed by atoms with Crippen LogP contribution in [0, 0.1) is 0 Å². The van der Waals surface area contributed by atoms with Crippen LogP contribution >= 0.6 is 0 Å². The first kappa shape index (κ1) is 12.3. The van der Waals surface area contributed by atoms with Gasteiger partial charge in [-0.3, -0.25) is 4.98 Å². The molecule has 1 heterocycles. The Hall–Kier alpha value is -1.77.